The second-order valence-corrected chi connectivity index (χ2v) is 5.50. The minimum Gasteiger partial charge on any atom is -0.480 e. The number of rotatable bonds is 8. The summed E-state index contributed by atoms with van der Waals surface area (Å²) >= 11 is 0. The van der Waals surface area contributed by atoms with Gasteiger partial charge in [0.15, 0.2) is 0 Å². The van der Waals surface area contributed by atoms with Crippen LogP contribution in [-0.4, -0.2) is 36.1 Å². The molecule has 2 atom stereocenters. The van der Waals surface area contributed by atoms with Crippen LogP contribution >= 0.6 is 0 Å². The van der Waals surface area contributed by atoms with Gasteiger partial charge in [-0.3, -0.25) is 4.79 Å². The number of nitrogens with one attached hydrogen (secondary N) is 2. The molecule has 0 aromatic carbocycles. The highest BCUT2D eigenvalue weighted by Crippen LogP contribution is 2.08. The van der Waals surface area contributed by atoms with Crippen molar-refractivity contribution >= 4 is 11.9 Å². The summed E-state index contributed by atoms with van der Waals surface area (Å²) in [7, 11) is 1.71. The van der Waals surface area contributed by atoms with E-state index in [1.807, 2.05) is 27.7 Å². The Morgan fingerprint density at radius 3 is 1.78 bits per heavy atom. The van der Waals surface area contributed by atoms with E-state index in [2.05, 4.69) is 10.6 Å². The Morgan fingerprint density at radius 1 is 1.00 bits per heavy atom. The number of carbonyl (C=O) groups is 2. The van der Waals surface area contributed by atoms with Crippen molar-refractivity contribution < 1.29 is 14.7 Å². The molecule has 5 nitrogen and oxygen atoms in total. The topological polar surface area (TPSA) is 78.4 Å². The number of aliphatic carboxylic acids is 1. The molecular weight excluding hydrogens is 232 g/mol. The van der Waals surface area contributed by atoms with E-state index in [1.165, 1.54) is 0 Å². The van der Waals surface area contributed by atoms with Gasteiger partial charge in [0.25, 0.3) is 0 Å². The average molecular weight is 258 g/mol. The molecule has 106 valence electrons. The zero-order chi connectivity index (χ0) is 14.3. The average Bonchev–Trinajstić information content (AvgIpc) is 2.23. The highest BCUT2D eigenvalue weighted by atomic mass is 16.4. The maximum Gasteiger partial charge on any atom is 0.326 e. The largest absolute Gasteiger partial charge is 0.480 e. The Labute approximate surface area is 109 Å². The lowest BCUT2D eigenvalue weighted by atomic mass is 10.0. The lowest BCUT2D eigenvalue weighted by molar-refractivity contribution is -0.142. The molecule has 0 fully saturated rings. The first-order valence-corrected chi connectivity index (χ1v) is 6.48. The third-order valence-corrected chi connectivity index (χ3v) is 2.69. The Balaban J connectivity index is 4.51. The van der Waals surface area contributed by atoms with Gasteiger partial charge in [0.2, 0.25) is 5.91 Å². The molecule has 0 aliphatic heterocycles. The van der Waals surface area contributed by atoms with Crippen LogP contribution in [0.15, 0.2) is 0 Å². The van der Waals surface area contributed by atoms with E-state index in [0.29, 0.717) is 18.8 Å². The van der Waals surface area contributed by atoms with Crippen molar-refractivity contribution in [3.8, 4) is 0 Å². The summed E-state index contributed by atoms with van der Waals surface area (Å²) in [5.74, 6) is -0.609. The van der Waals surface area contributed by atoms with E-state index in [-0.39, 0.29) is 17.9 Å². The van der Waals surface area contributed by atoms with Gasteiger partial charge in [0.05, 0.1) is 6.04 Å². The van der Waals surface area contributed by atoms with Gasteiger partial charge < -0.3 is 15.7 Å². The maximum atomic E-state index is 12.0. The summed E-state index contributed by atoms with van der Waals surface area (Å²) in [5.41, 5.74) is 0. The summed E-state index contributed by atoms with van der Waals surface area (Å²) in [6, 6.07) is -1.14. The van der Waals surface area contributed by atoms with Gasteiger partial charge in [0, 0.05) is 0 Å². The molecule has 0 unspecified atom stereocenters. The van der Waals surface area contributed by atoms with Crippen LogP contribution in [0.2, 0.25) is 0 Å². The number of carboxylic acid groups (broad SMARTS) is 1. The quantitative estimate of drug-likeness (QED) is 0.612. The van der Waals surface area contributed by atoms with Crippen LogP contribution in [-0.2, 0) is 9.59 Å². The van der Waals surface area contributed by atoms with E-state index in [4.69, 9.17) is 5.11 Å². The molecule has 18 heavy (non-hydrogen) atoms. The van der Waals surface area contributed by atoms with Gasteiger partial charge in [-0.25, -0.2) is 4.79 Å². The Kier molecular flexibility index (Phi) is 7.59. The summed E-state index contributed by atoms with van der Waals surface area (Å²) in [4.78, 5) is 23.0. The third kappa shape index (κ3) is 6.59. The SMILES string of the molecule is CN[C@@H](CC(C)C)C(=O)N[C@@H](CC(C)C)C(=O)O. The summed E-state index contributed by atoms with van der Waals surface area (Å²) in [6.45, 7) is 7.93. The zero-order valence-electron chi connectivity index (χ0n) is 12.0. The predicted molar refractivity (Wildman–Crippen MR) is 71.3 cm³/mol. The number of likely N-dealkylation sites (N-methyl/N-ethyl adjacent to an activating group) is 1. The molecule has 3 N–H and O–H groups in total. The van der Waals surface area contributed by atoms with E-state index in [0.717, 1.165) is 0 Å². The van der Waals surface area contributed by atoms with Crippen molar-refractivity contribution in [2.24, 2.45) is 11.8 Å². The lowest BCUT2D eigenvalue weighted by Crippen LogP contribution is -2.50. The predicted octanol–water partition coefficient (Wildman–Crippen LogP) is 1.24. The van der Waals surface area contributed by atoms with Crippen LogP contribution in [0.1, 0.15) is 40.5 Å². The first kappa shape index (κ1) is 16.9. The van der Waals surface area contributed by atoms with Crippen molar-refractivity contribution in [2.75, 3.05) is 7.05 Å². The van der Waals surface area contributed by atoms with Crippen molar-refractivity contribution in [2.45, 2.75) is 52.6 Å². The highest BCUT2D eigenvalue weighted by Gasteiger charge is 2.25. The summed E-state index contributed by atoms with van der Waals surface area (Å²) < 4.78 is 0. The van der Waals surface area contributed by atoms with Crippen molar-refractivity contribution in [1.82, 2.24) is 10.6 Å². The second kappa shape index (κ2) is 8.08. The van der Waals surface area contributed by atoms with E-state index in [9.17, 15) is 9.59 Å². The molecule has 0 aliphatic carbocycles. The minimum atomic E-state index is -0.976. The molecule has 0 aromatic rings. The molecule has 0 spiro atoms. The molecule has 0 aromatic heterocycles. The van der Waals surface area contributed by atoms with Gasteiger partial charge >= 0.3 is 5.97 Å². The molecule has 5 heteroatoms. The molecule has 0 saturated heterocycles. The number of carboxylic acids is 1. The second-order valence-electron chi connectivity index (χ2n) is 5.50. The smallest absolute Gasteiger partial charge is 0.326 e. The minimum absolute atomic E-state index is 0.226. The van der Waals surface area contributed by atoms with Crippen LogP contribution in [0.3, 0.4) is 0 Å². The van der Waals surface area contributed by atoms with Gasteiger partial charge in [0.1, 0.15) is 6.04 Å². The number of hydrogen-bond donors (Lipinski definition) is 3. The van der Waals surface area contributed by atoms with E-state index < -0.39 is 12.0 Å². The van der Waals surface area contributed by atoms with Crippen molar-refractivity contribution in [3.05, 3.63) is 0 Å². The molecule has 0 saturated carbocycles. The Hall–Kier alpha value is -1.10. The standard InChI is InChI=1S/C13H26N2O3/c1-8(2)6-10(14-5)12(16)15-11(13(17)18)7-9(3)4/h8-11,14H,6-7H2,1-5H3,(H,15,16)(H,17,18)/t10-,11-/m0/s1. The summed E-state index contributed by atoms with van der Waals surface area (Å²) in [6.07, 6.45) is 1.13. The van der Waals surface area contributed by atoms with Gasteiger partial charge in [-0.1, -0.05) is 27.7 Å². The van der Waals surface area contributed by atoms with Gasteiger partial charge in [-0.15, -0.1) is 0 Å². The molecule has 0 rings (SSSR count). The first-order chi connectivity index (χ1) is 8.27. The zero-order valence-corrected chi connectivity index (χ0v) is 12.0. The lowest BCUT2D eigenvalue weighted by Gasteiger charge is -2.22. The van der Waals surface area contributed by atoms with Crippen LogP contribution in [0, 0.1) is 11.8 Å². The van der Waals surface area contributed by atoms with E-state index in [1.54, 1.807) is 7.05 Å². The third-order valence-electron chi connectivity index (χ3n) is 2.69. The molecule has 0 heterocycles. The van der Waals surface area contributed by atoms with Crippen LogP contribution in [0.5, 0.6) is 0 Å². The Morgan fingerprint density at radius 2 is 1.44 bits per heavy atom. The van der Waals surface area contributed by atoms with Crippen molar-refractivity contribution in [3.63, 3.8) is 0 Å². The normalized spacial score (nSPS) is 14.6. The summed E-state index contributed by atoms with van der Waals surface area (Å²) in [5, 5.41) is 14.6. The number of carbonyl (C=O) groups excluding carboxylic acids is 1. The van der Waals surface area contributed by atoms with Gasteiger partial charge in [-0.2, -0.15) is 0 Å². The fraction of sp³-hybridized carbons (Fsp3) is 0.846. The maximum absolute atomic E-state index is 12.0. The number of amides is 1. The first-order valence-electron chi connectivity index (χ1n) is 6.48. The monoisotopic (exact) mass is 258 g/mol. The number of hydrogen-bond acceptors (Lipinski definition) is 3. The fourth-order valence-corrected chi connectivity index (χ4v) is 1.79. The van der Waals surface area contributed by atoms with Crippen LogP contribution < -0.4 is 10.6 Å². The fourth-order valence-electron chi connectivity index (χ4n) is 1.79. The highest BCUT2D eigenvalue weighted by molar-refractivity contribution is 5.86. The van der Waals surface area contributed by atoms with Crippen LogP contribution in [0.25, 0.3) is 0 Å². The van der Waals surface area contributed by atoms with Crippen LogP contribution in [0.4, 0.5) is 0 Å². The van der Waals surface area contributed by atoms with Gasteiger partial charge in [-0.05, 0) is 31.7 Å². The van der Waals surface area contributed by atoms with Crippen molar-refractivity contribution in [1.29, 1.82) is 0 Å². The van der Waals surface area contributed by atoms with E-state index >= 15 is 0 Å². The molecule has 1 amide bonds. The molecular formula is C13H26N2O3. The Bertz CT molecular complexity index is 277. The molecule has 0 radical (unpaired) electrons. The molecule has 0 aliphatic rings. The molecule has 0 bridgehead atoms.